The highest BCUT2D eigenvalue weighted by Gasteiger charge is 2.38. The molecule has 4 atom stereocenters. The third-order valence-corrected chi connectivity index (χ3v) is 10.3. The molecule has 1 unspecified atom stereocenters. The number of carbonyl (C=O) groups is 4. The van der Waals surface area contributed by atoms with Gasteiger partial charge in [-0.2, -0.15) is 12.7 Å². The molecule has 1 saturated carbocycles. The number of hydrogen-bond donors (Lipinski definition) is 3. The summed E-state index contributed by atoms with van der Waals surface area (Å²) in [5.41, 5.74) is 4.80. The maximum Gasteiger partial charge on any atom is 0.408 e. The molecule has 1 saturated heterocycles. The average Bonchev–Trinajstić information content (AvgIpc) is 3.55. The number of unbranched alkanes of at least 4 members (excludes halogenated alkanes) is 4. The molecule has 1 heterocycles. The van der Waals surface area contributed by atoms with Crippen molar-refractivity contribution in [2.24, 2.45) is 17.6 Å². The predicted octanol–water partition coefficient (Wildman–Crippen LogP) is 3.98. The van der Waals surface area contributed by atoms with Gasteiger partial charge < -0.3 is 20.7 Å². The molecule has 0 aromatic rings. The van der Waals surface area contributed by atoms with E-state index in [1.807, 2.05) is 0 Å². The zero-order valence-electron chi connectivity index (χ0n) is 27.9. The summed E-state index contributed by atoms with van der Waals surface area (Å²) < 4.78 is 34.8. The number of nitrogens with zero attached hydrogens (tertiary/aromatic N) is 2. The third kappa shape index (κ3) is 11.5. The normalized spacial score (nSPS) is 21.6. The Kier molecular flexibility index (Phi) is 14.4. The number of hydrogen-bond acceptors (Lipinski definition) is 7. The molecule has 4 N–H and O–H groups in total. The first-order valence-electron chi connectivity index (χ1n) is 16.4. The SMILES string of the molecule is CC(C)N(C(C)C)S(=O)(=O)NC(=O)C1CCC[C@H]1CCCCCCC[C@H](NC(=O)OC(C)(C)C)C(=O)N1CCC[C@H]1C(N)=O. The Morgan fingerprint density at radius 2 is 1.55 bits per heavy atom. The lowest BCUT2D eigenvalue weighted by atomic mass is 9.90. The van der Waals surface area contributed by atoms with Crippen LogP contribution in [0, 0.1) is 11.8 Å². The van der Waals surface area contributed by atoms with Crippen molar-refractivity contribution in [1.29, 1.82) is 0 Å². The number of likely N-dealkylation sites (tertiary alicyclic amines) is 1. The van der Waals surface area contributed by atoms with E-state index in [1.165, 1.54) is 9.21 Å². The van der Waals surface area contributed by atoms with Crippen molar-refractivity contribution >= 4 is 34.0 Å². The summed E-state index contributed by atoms with van der Waals surface area (Å²) in [6.45, 7) is 12.9. The highest BCUT2D eigenvalue weighted by atomic mass is 32.2. The van der Waals surface area contributed by atoms with Crippen LogP contribution in [0.3, 0.4) is 0 Å². The van der Waals surface area contributed by atoms with E-state index in [2.05, 4.69) is 10.0 Å². The van der Waals surface area contributed by atoms with E-state index in [1.54, 1.807) is 48.5 Å². The van der Waals surface area contributed by atoms with Gasteiger partial charge in [-0.1, -0.05) is 38.5 Å². The Hall–Kier alpha value is -2.41. The molecule has 0 aromatic carbocycles. The minimum atomic E-state index is -3.91. The molecule has 0 radical (unpaired) electrons. The van der Waals surface area contributed by atoms with Gasteiger partial charge in [0.25, 0.3) is 0 Å². The third-order valence-electron chi connectivity index (χ3n) is 8.44. The number of nitrogens with one attached hydrogen (secondary N) is 2. The van der Waals surface area contributed by atoms with Crippen LogP contribution in [0.5, 0.6) is 0 Å². The van der Waals surface area contributed by atoms with Crippen LogP contribution in [-0.4, -0.2) is 77.8 Å². The lowest BCUT2D eigenvalue weighted by Gasteiger charge is -2.30. The topological polar surface area (TPSA) is 168 Å². The molecule has 2 rings (SSSR count). The highest BCUT2D eigenvalue weighted by Crippen LogP contribution is 2.36. The van der Waals surface area contributed by atoms with Gasteiger partial charge in [0.2, 0.25) is 17.7 Å². The number of nitrogens with two attached hydrogens (primary N) is 1. The second-order valence-electron chi connectivity index (χ2n) is 13.9. The van der Waals surface area contributed by atoms with Gasteiger partial charge in [0.15, 0.2) is 0 Å². The highest BCUT2D eigenvalue weighted by molar-refractivity contribution is 7.87. The summed E-state index contributed by atoms with van der Waals surface area (Å²) in [5, 5.41) is 2.71. The first-order valence-corrected chi connectivity index (χ1v) is 17.8. The van der Waals surface area contributed by atoms with Crippen LogP contribution < -0.4 is 15.8 Å². The Morgan fingerprint density at radius 3 is 2.14 bits per heavy atom. The lowest BCUT2D eigenvalue weighted by Crippen LogP contribution is -2.53. The van der Waals surface area contributed by atoms with Crippen LogP contribution in [0.2, 0.25) is 0 Å². The maximum absolute atomic E-state index is 13.3. The molecule has 0 aromatic heterocycles. The molecule has 44 heavy (non-hydrogen) atoms. The second-order valence-corrected chi connectivity index (χ2v) is 15.5. The summed E-state index contributed by atoms with van der Waals surface area (Å²) in [6.07, 6.45) is 8.71. The van der Waals surface area contributed by atoms with E-state index >= 15 is 0 Å². The van der Waals surface area contributed by atoms with Crippen LogP contribution in [0.25, 0.3) is 0 Å². The van der Waals surface area contributed by atoms with Crippen LogP contribution >= 0.6 is 0 Å². The maximum atomic E-state index is 13.3. The molecule has 1 aliphatic heterocycles. The van der Waals surface area contributed by atoms with Crippen molar-refractivity contribution in [2.75, 3.05) is 6.54 Å². The number of amides is 4. The fourth-order valence-electron chi connectivity index (χ4n) is 6.65. The fraction of sp³-hybridized carbons (Fsp3) is 0.871. The van der Waals surface area contributed by atoms with Crippen molar-refractivity contribution in [1.82, 2.24) is 19.2 Å². The quantitative estimate of drug-likeness (QED) is 0.214. The summed E-state index contributed by atoms with van der Waals surface area (Å²) in [7, 11) is -3.91. The van der Waals surface area contributed by atoms with Gasteiger partial charge in [-0.15, -0.1) is 0 Å². The molecule has 254 valence electrons. The standard InChI is InChI=1S/C31H57N5O7S/c1-21(2)36(22(3)4)44(41,42)34-28(38)24-17-13-16-23(24)15-11-9-8-10-12-18-25(33-30(40)43-31(5,6)7)29(39)35-20-14-19-26(35)27(32)37/h21-26H,8-20H2,1-7H3,(H2,32,37)(H,33,40)(H,34,38)/t23-,24?,25+,26+/m1/s1. The number of alkyl carbamates (subject to hydrolysis) is 1. The van der Waals surface area contributed by atoms with E-state index in [0.717, 1.165) is 44.9 Å². The predicted molar refractivity (Wildman–Crippen MR) is 169 cm³/mol. The number of carbonyl (C=O) groups excluding carboxylic acids is 4. The van der Waals surface area contributed by atoms with Gasteiger partial charge in [-0.3, -0.25) is 14.4 Å². The minimum absolute atomic E-state index is 0.162. The minimum Gasteiger partial charge on any atom is -0.444 e. The van der Waals surface area contributed by atoms with Crippen molar-refractivity contribution < 1.29 is 32.3 Å². The molecular formula is C31H57N5O7S. The van der Waals surface area contributed by atoms with Crippen LogP contribution in [0.15, 0.2) is 0 Å². The first kappa shape index (κ1) is 37.8. The van der Waals surface area contributed by atoms with E-state index in [0.29, 0.717) is 38.6 Å². The molecular weight excluding hydrogens is 586 g/mol. The van der Waals surface area contributed by atoms with Crippen LogP contribution in [0.4, 0.5) is 4.79 Å². The molecule has 2 aliphatic rings. The van der Waals surface area contributed by atoms with E-state index in [9.17, 15) is 27.6 Å². The van der Waals surface area contributed by atoms with E-state index in [-0.39, 0.29) is 29.8 Å². The first-order chi connectivity index (χ1) is 20.4. The van der Waals surface area contributed by atoms with Crippen LogP contribution in [-0.2, 0) is 29.3 Å². The van der Waals surface area contributed by atoms with Gasteiger partial charge in [0, 0.05) is 24.5 Å². The van der Waals surface area contributed by atoms with Crippen LogP contribution in [0.1, 0.15) is 126 Å². The van der Waals surface area contributed by atoms with Crippen molar-refractivity contribution in [3.63, 3.8) is 0 Å². The Bertz CT molecular complexity index is 1080. The molecule has 0 spiro atoms. The summed E-state index contributed by atoms with van der Waals surface area (Å²) >= 11 is 0. The Labute approximate surface area is 264 Å². The number of ether oxygens (including phenoxy) is 1. The van der Waals surface area contributed by atoms with Gasteiger partial charge in [0.05, 0.1) is 0 Å². The van der Waals surface area contributed by atoms with Gasteiger partial charge in [-0.25, -0.2) is 9.52 Å². The largest absolute Gasteiger partial charge is 0.444 e. The van der Waals surface area contributed by atoms with E-state index < -0.39 is 45.8 Å². The average molecular weight is 644 g/mol. The summed E-state index contributed by atoms with van der Waals surface area (Å²) in [6, 6.07) is -1.97. The van der Waals surface area contributed by atoms with Gasteiger partial charge in [0.1, 0.15) is 17.7 Å². The van der Waals surface area contributed by atoms with Crippen molar-refractivity contribution in [3.05, 3.63) is 0 Å². The molecule has 4 amide bonds. The lowest BCUT2D eigenvalue weighted by molar-refractivity contribution is -0.139. The zero-order valence-corrected chi connectivity index (χ0v) is 28.7. The number of rotatable bonds is 16. The Morgan fingerprint density at radius 1 is 0.932 bits per heavy atom. The van der Waals surface area contributed by atoms with Crippen molar-refractivity contribution in [2.45, 2.75) is 155 Å². The molecule has 1 aliphatic carbocycles. The smallest absolute Gasteiger partial charge is 0.408 e. The summed E-state index contributed by atoms with van der Waals surface area (Å²) in [4.78, 5) is 52.2. The van der Waals surface area contributed by atoms with Gasteiger partial charge in [-0.05, 0) is 92.9 Å². The second kappa shape index (κ2) is 16.8. The number of primary amides is 1. The molecule has 2 fully saturated rings. The Balaban J connectivity index is 1.84. The van der Waals surface area contributed by atoms with Crippen molar-refractivity contribution in [3.8, 4) is 0 Å². The monoisotopic (exact) mass is 643 g/mol. The van der Waals surface area contributed by atoms with E-state index in [4.69, 9.17) is 10.5 Å². The van der Waals surface area contributed by atoms with Gasteiger partial charge >= 0.3 is 16.3 Å². The molecule has 0 bridgehead atoms. The summed E-state index contributed by atoms with van der Waals surface area (Å²) in [5.74, 6) is -1.39. The zero-order chi connectivity index (χ0) is 33.2. The molecule has 12 nitrogen and oxygen atoms in total. The fourth-order valence-corrected chi connectivity index (χ4v) is 8.27. The molecule has 13 heteroatoms.